The molecule has 5 nitrogen and oxygen atoms in total. The minimum absolute atomic E-state index is 0.198. The lowest BCUT2D eigenvalue weighted by Crippen LogP contribution is -2.41. The molecule has 0 unspecified atom stereocenters. The molecule has 0 aliphatic carbocycles. The van der Waals surface area contributed by atoms with Gasteiger partial charge in [0, 0.05) is 18.4 Å². The summed E-state index contributed by atoms with van der Waals surface area (Å²) in [5.41, 5.74) is 8.67. The first-order valence-corrected chi connectivity index (χ1v) is 6.77. The van der Waals surface area contributed by atoms with Crippen LogP contribution in [0.5, 0.6) is 5.75 Å². The highest BCUT2D eigenvalue weighted by molar-refractivity contribution is 5.81. The van der Waals surface area contributed by atoms with Gasteiger partial charge in [-0.2, -0.15) is 0 Å². The number of pyridine rings is 1. The number of benzene rings is 1. The summed E-state index contributed by atoms with van der Waals surface area (Å²) in [6.07, 6.45) is 2.17. The number of nitrogens with zero attached hydrogens (tertiary/aromatic N) is 1. The molecule has 0 fully saturated rings. The number of aryl methyl sites for hydroxylation is 1. The number of nitrogens with two attached hydrogens (primary N) is 1. The standard InChI is InChI=1S/C16H19N3O2/c1-11-2-3-13(9-18-11)10-19-16(21)15(17)8-12-4-6-14(20)7-5-12/h2-7,9,15,20H,8,10,17H2,1H3,(H,19,21)/t15-/m0/s1. The van der Waals surface area contributed by atoms with Gasteiger partial charge in [0.1, 0.15) is 5.75 Å². The van der Waals surface area contributed by atoms with Crippen molar-refractivity contribution < 1.29 is 9.90 Å². The van der Waals surface area contributed by atoms with E-state index in [1.54, 1.807) is 30.5 Å². The molecular weight excluding hydrogens is 266 g/mol. The molecule has 1 amide bonds. The number of rotatable bonds is 5. The molecule has 21 heavy (non-hydrogen) atoms. The lowest BCUT2D eigenvalue weighted by atomic mass is 10.1. The summed E-state index contributed by atoms with van der Waals surface area (Å²) in [4.78, 5) is 16.1. The molecule has 1 aromatic heterocycles. The SMILES string of the molecule is Cc1ccc(CNC(=O)[C@@H](N)Cc2ccc(O)cc2)cn1. The second-order valence-corrected chi connectivity index (χ2v) is 5.00. The van der Waals surface area contributed by atoms with Crippen LogP contribution in [0, 0.1) is 6.92 Å². The zero-order chi connectivity index (χ0) is 15.2. The number of aromatic hydroxyl groups is 1. The number of nitrogens with one attached hydrogen (secondary N) is 1. The predicted molar refractivity (Wildman–Crippen MR) is 80.6 cm³/mol. The van der Waals surface area contributed by atoms with E-state index >= 15 is 0 Å². The van der Waals surface area contributed by atoms with Crippen LogP contribution in [0.1, 0.15) is 16.8 Å². The molecule has 110 valence electrons. The van der Waals surface area contributed by atoms with Gasteiger partial charge in [0.15, 0.2) is 0 Å². The van der Waals surface area contributed by atoms with Crippen LogP contribution in [0.4, 0.5) is 0 Å². The maximum Gasteiger partial charge on any atom is 0.237 e. The predicted octanol–water partition coefficient (Wildman–Crippen LogP) is 1.28. The van der Waals surface area contributed by atoms with E-state index in [-0.39, 0.29) is 11.7 Å². The summed E-state index contributed by atoms with van der Waals surface area (Å²) in [5, 5.41) is 12.0. The number of hydrogen-bond acceptors (Lipinski definition) is 4. The number of hydrogen-bond donors (Lipinski definition) is 3. The molecule has 4 N–H and O–H groups in total. The van der Waals surface area contributed by atoms with Crippen LogP contribution < -0.4 is 11.1 Å². The molecule has 1 heterocycles. The van der Waals surface area contributed by atoms with Gasteiger partial charge in [0.2, 0.25) is 5.91 Å². The molecule has 0 aliphatic rings. The summed E-state index contributed by atoms with van der Waals surface area (Å²) < 4.78 is 0. The van der Waals surface area contributed by atoms with Crippen molar-refractivity contribution in [2.75, 3.05) is 0 Å². The zero-order valence-corrected chi connectivity index (χ0v) is 11.9. The van der Waals surface area contributed by atoms with Crippen molar-refractivity contribution in [3.05, 3.63) is 59.4 Å². The van der Waals surface area contributed by atoms with E-state index in [1.165, 1.54) is 0 Å². The topological polar surface area (TPSA) is 88.2 Å². The number of amides is 1. The Kier molecular flexibility index (Phi) is 4.90. The Morgan fingerprint density at radius 1 is 1.24 bits per heavy atom. The second-order valence-electron chi connectivity index (χ2n) is 5.00. The van der Waals surface area contributed by atoms with Crippen LogP contribution in [0.15, 0.2) is 42.6 Å². The van der Waals surface area contributed by atoms with E-state index in [0.717, 1.165) is 16.8 Å². The van der Waals surface area contributed by atoms with Gasteiger partial charge in [-0.3, -0.25) is 9.78 Å². The number of phenols is 1. The van der Waals surface area contributed by atoms with Crippen molar-refractivity contribution in [2.45, 2.75) is 25.9 Å². The van der Waals surface area contributed by atoms with Crippen LogP contribution >= 0.6 is 0 Å². The first-order valence-electron chi connectivity index (χ1n) is 6.77. The molecule has 0 aliphatic heterocycles. The Labute approximate surface area is 123 Å². The molecular formula is C16H19N3O2. The molecule has 2 aromatic rings. The molecule has 0 saturated carbocycles. The molecule has 0 radical (unpaired) electrons. The van der Waals surface area contributed by atoms with Gasteiger partial charge >= 0.3 is 0 Å². The van der Waals surface area contributed by atoms with Crippen molar-refractivity contribution in [1.29, 1.82) is 0 Å². The fourth-order valence-corrected chi connectivity index (χ4v) is 1.90. The molecule has 0 spiro atoms. The molecule has 0 saturated heterocycles. The van der Waals surface area contributed by atoms with Crippen LogP contribution in [0.25, 0.3) is 0 Å². The lowest BCUT2D eigenvalue weighted by molar-refractivity contribution is -0.122. The van der Waals surface area contributed by atoms with Crippen LogP contribution in [0.3, 0.4) is 0 Å². The van der Waals surface area contributed by atoms with Gasteiger partial charge in [-0.05, 0) is 42.7 Å². The fraction of sp³-hybridized carbons (Fsp3) is 0.250. The van der Waals surface area contributed by atoms with Crippen LogP contribution in [-0.4, -0.2) is 22.0 Å². The van der Waals surface area contributed by atoms with Gasteiger partial charge in [-0.25, -0.2) is 0 Å². The minimum Gasteiger partial charge on any atom is -0.508 e. The van der Waals surface area contributed by atoms with Crippen LogP contribution in [-0.2, 0) is 17.8 Å². The first-order chi connectivity index (χ1) is 10.0. The summed E-state index contributed by atoms with van der Waals surface area (Å²) in [7, 11) is 0. The maximum absolute atomic E-state index is 11.9. The van der Waals surface area contributed by atoms with Crippen molar-refractivity contribution in [3.8, 4) is 5.75 Å². The van der Waals surface area contributed by atoms with Crippen molar-refractivity contribution in [3.63, 3.8) is 0 Å². The van der Waals surface area contributed by atoms with Crippen LogP contribution in [0.2, 0.25) is 0 Å². The van der Waals surface area contributed by atoms with E-state index in [1.807, 2.05) is 19.1 Å². The van der Waals surface area contributed by atoms with Crippen molar-refractivity contribution in [2.24, 2.45) is 5.73 Å². The highest BCUT2D eigenvalue weighted by Crippen LogP contribution is 2.11. The first kappa shape index (κ1) is 15.0. The number of aromatic nitrogens is 1. The van der Waals surface area contributed by atoms with Crippen molar-refractivity contribution in [1.82, 2.24) is 10.3 Å². The Balaban J connectivity index is 1.84. The van der Waals surface area contributed by atoms with E-state index in [9.17, 15) is 9.90 Å². The minimum atomic E-state index is -0.618. The van der Waals surface area contributed by atoms with E-state index in [2.05, 4.69) is 10.3 Å². The molecule has 1 atom stereocenters. The highest BCUT2D eigenvalue weighted by Gasteiger charge is 2.13. The van der Waals surface area contributed by atoms with Gasteiger partial charge < -0.3 is 16.2 Å². The lowest BCUT2D eigenvalue weighted by Gasteiger charge is -2.12. The molecule has 5 heteroatoms. The highest BCUT2D eigenvalue weighted by atomic mass is 16.3. The largest absolute Gasteiger partial charge is 0.508 e. The zero-order valence-electron chi connectivity index (χ0n) is 11.9. The third-order valence-corrected chi connectivity index (χ3v) is 3.17. The summed E-state index contributed by atoms with van der Waals surface area (Å²) in [5.74, 6) is -0.00714. The molecule has 0 bridgehead atoms. The van der Waals surface area contributed by atoms with E-state index < -0.39 is 6.04 Å². The summed E-state index contributed by atoms with van der Waals surface area (Å²) >= 11 is 0. The Hall–Kier alpha value is -2.40. The maximum atomic E-state index is 11.9. The average molecular weight is 285 g/mol. The van der Waals surface area contributed by atoms with Crippen molar-refractivity contribution >= 4 is 5.91 Å². The third kappa shape index (κ3) is 4.57. The van der Waals surface area contributed by atoms with E-state index in [0.29, 0.717) is 13.0 Å². The smallest absolute Gasteiger partial charge is 0.237 e. The average Bonchev–Trinajstić information content (AvgIpc) is 2.48. The quantitative estimate of drug-likeness (QED) is 0.772. The Morgan fingerprint density at radius 3 is 2.52 bits per heavy atom. The van der Waals surface area contributed by atoms with E-state index in [4.69, 9.17) is 5.73 Å². The number of carbonyl (C=O) groups is 1. The van der Waals surface area contributed by atoms with Gasteiger partial charge in [-0.1, -0.05) is 18.2 Å². The normalized spacial score (nSPS) is 11.9. The second kappa shape index (κ2) is 6.85. The monoisotopic (exact) mass is 285 g/mol. The van der Waals surface area contributed by atoms with Gasteiger partial charge in [-0.15, -0.1) is 0 Å². The summed E-state index contributed by atoms with van der Waals surface area (Å²) in [6.45, 7) is 2.32. The van der Waals surface area contributed by atoms with Gasteiger partial charge in [0.25, 0.3) is 0 Å². The number of phenolic OH excluding ortho intramolecular Hbond substituents is 1. The Bertz CT molecular complexity index is 594. The molecule has 2 rings (SSSR count). The number of carbonyl (C=O) groups excluding carboxylic acids is 1. The fourth-order valence-electron chi connectivity index (χ4n) is 1.90. The molecule has 1 aromatic carbocycles. The summed E-state index contributed by atoms with van der Waals surface area (Å²) in [6, 6.07) is 9.88. The Morgan fingerprint density at radius 2 is 1.90 bits per heavy atom. The third-order valence-electron chi connectivity index (χ3n) is 3.17. The van der Waals surface area contributed by atoms with Gasteiger partial charge in [0.05, 0.1) is 6.04 Å².